The van der Waals surface area contributed by atoms with Crippen molar-refractivity contribution >= 4 is 46.3 Å². The number of nitrogens with zero attached hydrogens (tertiary/aromatic N) is 2. The lowest BCUT2D eigenvalue weighted by molar-refractivity contribution is -0.127. The van der Waals surface area contributed by atoms with Gasteiger partial charge in [-0.25, -0.2) is 4.79 Å². The molecule has 1 saturated heterocycles. The van der Waals surface area contributed by atoms with Crippen LogP contribution in [0.1, 0.15) is 80.9 Å². The van der Waals surface area contributed by atoms with E-state index in [1.165, 1.54) is 4.90 Å². The molecule has 2 atom stereocenters. The zero-order chi connectivity index (χ0) is 40.1. The molecular weight excluding hydrogens is 716 g/mol. The van der Waals surface area contributed by atoms with Crippen molar-refractivity contribution in [3.05, 3.63) is 81.9 Å². The third-order valence-corrected chi connectivity index (χ3v) is 10.5. The summed E-state index contributed by atoms with van der Waals surface area (Å²) in [7, 11) is 0. The Morgan fingerprint density at radius 1 is 0.982 bits per heavy atom. The van der Waals surface area contributed by atoms with Gasteiger partial charge in [-0.2, -0.15) is 0 Å². The van der Waals surface area contributed by atoms with Crippen LogP contribution in [0.25, 0.3) is 22.0 Å². The highest BCUT2D eigenvalue weighted by Crippen LogP contribution is 2.33. The average molecular weight is 767 g/mol. The normalized spacial score (nSPS) is 19.1. The highest BCUT2D eigenvalue weighted by molar-refractivity contribution is 6.03. The van der Waals surface area contributed by atoms with Gasteiger partial charge in [0.2, 0.25) is 17.7 Å². The SMILES string of the molecule is Cc1cc(C(=O)N[C@@H]2CCCNC2=O)ncc1-c1ccc(C[C@@H](C(N)=O)N(c2ccc3c(=O)[nH][nH]c3c2)C(=O)[C@H]2CC[C@H](CNC(=O)OC(C)(C)C)CC2)cc1. The number of aromatic nitrogens is 3. The topological polar surface area (TPSA) is 221 Å². The van der Waals surface area contributed by atoms with Crippen LogP contribution in [0.4, 0.5) is 10.5 Å². The number of carbonyl (C=O) groups excluding carboxylic acids is 5. The number of benzene rings is 2. The second-order valence-electron chi connectivity index (χ2n) is 15.8. The number of rotatable bonds is 11. The maximum Gasteiger partial charge on any atom is 0.407 e. The third-order valence-electron chi connectivity index (χ3n) is 10.5. The van der Waals surface area contributed by atoms with Crippen LogP contribution in [0.3, 0.4) is 0 Å². The molecular formula is C41H50N8O7. The van der Waals surface area contributed by atoms with E-state index in [4.69, 9.17) is 10.5 Å². The molecule has 1 saturated carbocycles. The van der Waals surface area contributed by atoms with Gasteiger partial charge in [0, 0.05) is 42.9 Å². The van der Waals surface area contributed by atoms with Crippen molar-refractivity contribution in [2.75, 3.05) is 18.0 Å². The van der Waals surface area contributed by atoms with E-state index in [1.54, 1.807) is 51.2 Å². The van der Waals surface area contributed by atoms with Crippen LogP contribution in [0.15, 0.2) is 59.5 Å². The molecule has 2 aromatic carbocycles. The summed E-state index contributed by atoms with van der Waals surface area (Å²) in [6, 6.07) is 12.5. The van der Waals surface area contributed by atoms with Gasteiger partial charge >= 0.3 is 6.09 Å². The van der Waals surface area contributed by atoms with Crippen LogP contribution in [0.2, 0.25) is 0 Å². The fraction of sp³-hybridized carbons (Fsp3) is 0.439. The summed E-state index contributed by atoms with van der Waals surface area (Å²) in [5, 5.41) is 14.2. The fourth-order valence-corrected chi connectivity index (χ4v) is 7.47. The molecule has 0 unspecified atom stereocenters. The predicted molar refractivity (Wildman–Crippen MR) is 211 cm³/mol. The number of carbonyl (C=O) groups is 5. The smallest absolute Gasteiger partial charge is 0.407 e. The Bertz CT molecular complexity index is 2160. The number of fused-ring (bicyclic) bond motifs is 1. The quantitative estimate of drug-likeness (QED) is 0.131. The lowest BCUT2D eigenvalue weighted by Gasteiger charge is -2.36. The highest BCUT2D eigenvalue weighted by Gasteiger charge is 2.36. The Kier molecular flexibility index (Phi) is 11.9. The van der Waals surface area contributed by atoms with E-state index in [0.29, 0.717) is 61.8 Å². The number of nitrogens with two attached hydrogens (primary N) is 1. The Balaban J connectivity index is 1.18. The van der Waals surface area contributed by atoms with E-state index in [-0.39, 0.29) is 35.4 Å². The molecule has 2 aromatic heterocycles. The van der Waals surface area contributed by atoms with Crippen molar-refractivity contribution < 1.29 is 28.7 Å². The first kappa shape index (κ1) is 39.7. The lowest BCUT2D eigenvalue weighted by atomic mass is 9.81. The molecule has 56 heavy (non-hydrogen) atoms. The van der Waals surface area contributed by atoms with Gasteiger partial charge in [-0.15, -0.1) is 0 Å². The van der Waals surface area contributed by atoms with Crippen molar-refractivity contribution in [3.63, 3.8) is 0 Å². The molecule has 7 N–H and O–H groups in total. The molecule has 5 amide bonds. The molecule has 2 fully saturated rings. The number of alkyl carbamates (subject to hydrolysis) is 1. The van der Waals surface area contributed by atoms with Crippen LogP contribution in [-0.4, -0.2) is 75.7 Å². The number of H-pyrrole nitrogens is 2. The zero-order valence-corrected chi connectivity index (χ0v) is 32.2. The van der Waals surface area contributed by atoms with Crippen LogP contribution < -0.4 is 32.1 Å². The molecule has 0 radical (unpaired) electrons. The molecule has 4 aromatic rings. The minimum absolute atomic E-state index is 0.128. The molecule has 0 spiro atoms. The predicted octanol–water partition coefficient (Wildman–Crippen LogP) is 4.00. The van der Waals surface area contributed by atoms with Gasteiger partial charge in [-0.3, -0.25) is 44.1 Å². The number of hydrogen-bond acceptors (Lipinski definition) is 8. The van der Waals surface area contributed by atoms with E-state index in [9.17, 15) is 28.8 Å². The monoisotopic (exact) mass is 766 g/mol. The standard InChI is InChI=1S/C41H50N8O7/c1-23-18-33(38(53)46-31-6-5-17-43-37(31)52)44-22-30(23)26-11-7-24(8-12-26)19-34(35(42)50)49(28-15-16-29-32(20-28)47-48-36(29)51)39(54)27-13-9-25(10-14-27)21-45-40(55)56-41(2,3)4/h7-8,11-12,15-16,18,20,22,25,27,31,34H,5-6,9-10,13-14,17,19,21H2,1-4H3,(H2,42,50)(H,43,52)(H,45,55)(H,46,53)(H2,47,48,51)/t25-,27-,31-,34+/m1/s1. The fourth-order valence-electron chi connectivity index (χ4n) is 7.47. The summed E-state index contributed by atoms with van der Waals surface area (Å²) in [6.07, 6.45) is 5.15. The number of aromatic amines is 2. The number of piperidine rings is 1. The summed E-state index contributed by atoms with van der Waals surface area (Å²) in [5.74, 6) is -1.76. The zero-order valence-electron chi connectivity index (χ0n) is 32.2. The first-order valence-electron chi connectivity index (χ1n) is 19.1. The molecule has 0 bridgehead atoms. The number of anilines is 1. The molecule has 6 rings (SSSR count). The Hall–Kier alpha value is -5.99. The molecule has 15 nitrogen and oxygen atoms in total. The summed E-state index contributed by atoms with van der Waals surface area (Å²) in [4.78, 5) is 83.1. The third kappa shape index (κ3) is 9.44. The number of aryl methyl sites for hydroxylation is 1. The molecule has 1 aliphatic heterocycles. The van der Waals surface area contributed by atoms with Crippen molar-refractivity contribution in [2.45, 2.75) is 90.3 Å². The molecule has 3 heterocycles. The first-order chi connectivity index (χ1) is 26.7. The van der Waals surface area contributed by atoms with Gasteiger partial charge in [0.15, 0.2) is 0 Å². The van der Waals surface area contributed by atoms with E-state index in [2.05, 4.69) is 31.1 Å². The average Bonchev–Trinajstić information content (AvgIpc) is 3.53. The number of nitrogens with one attached hydrogen (secondary N) is 5. The summed E-state index contributed by atoms with van der Waals surface area (Å²) < 4.78 is 5.36. The molecule has 296 valence electrons. The van der Waals surface area contributed by atoms with E-state index in [0.717, 1.165) is 28.7 Å². The second kappa shape index (κ2) is 16.8. The number of amides is 5. The largest absolute Gasteiger partial charge is 0.444 e. The first-order valence-corrected chi connectivity index (χ1v) is 19.1. The molecule has 1 aliphatic carbocycles. The number of pyridine rings is 1. The van der Waals surface area contributed by atoms with Gasteiger partial charge < -0.3 is 26.4 Å². The van der Waals surface area contributed by atoms with Crippen LogP contribution in [0.5, 0.6) is 0 Å². The van der Waals surface area contributed by atoms with Crippen molar-refractivity contribution in [1.82, 2.24) is 31.1 Å². The Morgan fingerprint density at radius 3 is 2.38 bits per heavy atom. The van der Waals surface area contributed by atoms with Crippen LogP contribution in [-0.2, 0) is 25.5 Å². The van der Waals surface area contributed by atoms with Crippen LogP contribution in [0, 0.1) is 18.8 Å². The van der Waals surface area contributed by atoms with E-state index in [1.807, 2.05) is 31.2 Å². The minimum Gasteiger partial charge on any atom is -0.444 e. The minimum atomic E-state index is -1.05. The summed E-state index contributed by atoms with van der Waals surface area (Å²) in [5.41, 5.74) is 9.51. The summed E-state index contributed by atoms with van der Waals surface area (Å²) >= 11 is 0. The number of ether oxygens (including phenoxy) is 1. The van der Waals surface area contributed by atoms with Crippen LogP contribution >= 0.6 is 0 Å². The molecule has 2 aliphatic rings. The van der Waals surface area contributed by atoms with Gasteiger partial charge in [0.1, 0.15) is 23.4 Å². The maximum absolute atomic E-state index is 14.5. The van der Waals surface area contributed by atoms with Crippen molar-refractivity contribution in [2.24, 2.45) is 17.6 Å². The number of hydrogen-bond donors (Lipinski definition) is 6. The lowest BCUT2D eigenvalue weighted by Crippen LogP contribution is -2.52. The van der Waals surface area contributed by atoms with E-state index >= 15 is 0 Å². The number of primary amides is 1. The second-order valence-corrected chi connectivity index (χ2v) is 15.8. The maximum atomic E-state index is 14.5. The van der Waals surface area contributed by atoms with Crippen molar-refractivity contribution in [1.29, 1.82) is 0 Å². The summed E-state index contributed by atoms with van der Waals surface area (Å²) in [6.45, 7) is 8.33. The van der Waals surface area contributed by atoms with Gasteiger partial charge in [0.05, 0.1) is 10.9 Å². The van der Waals surface area contributed by atoms with Gasteiger partial charge in [0.25, 0.3) is 11.5 Å². The molecule has 15 heteroatoms. The Morgan fingerprint density at radius 2 is 1.71 bits per heavy atom. The Labute approximate surface area is 324 Å². The van der Waals surface area contributed by atoms with Crippen molar-refractivity contribution in [3.8, 4) is 11.1 Å². The highest BCUT2D eigenvalue weighted by atomic mass is 16.6. The van der Waals surface area contributed by atoms with Gasteiger partial charge in [-0.05, 0) is 113 Å². The van der Waals surface area contributed by atoms with Gasteiger partial charge in [-0.1, -0.05) is 24.3 Å². The van der Waals surface area contributed by atoms with E-state index < -0.39 is 41.5 Å².